The van der Waals surface area contributed by atoms with Gasteiger partial charge in [-0.05, 0) is 32.4 Å². The van der Waals surface area contributed by atoms with Crippen LogP contribution in [0.2, 0.25) is 0 Å². The third-order valence-electron chi connectivity index (χ3n) is 4.51. The molecule has 0 aliphatic carbocycles. The van der Waals surface area contributed by atoms with Gasteiger partial charge in [-0.3, -0.25) is 4.90 Å². The van der Waals surface area contributed by atoms with Crippen molar-refractivity contribution in [1.29, 1.82) is 0 Å². The number of aromatic nitrogens is 1. The summed E-state index contributed by atoms with van der Waals surface area (Å²) in [5.41, 5.74) is 4.23. The Labute approximate surface area is 121 Å². The Bertz CT molecular complexity index is 565. The van der Waals surface area contributed by atoms with Gasteiger partial charge in [0.1, 0.15) is 0 Å². The lowest BCUT2D eigenvalue weighted by atomic mass is 10.1. The van der Waals surface area contributed by atoms with Gasteiger partial charge in [0.25, 0.3) is 0 Å². The molecular formula is C17H25N3. The highest BCUT2D eigenvalue weighted by Gasteiger charge is 2.22. The van der Waals surface area contributed by atoms with Gasteiger partial charge in [0.2, 0.25) is 0 Å². The third-order valence-corrected chi connectivity index (χ3v) is 4.51. The first kappa shape index (κ1) is 13.7. The lowest BCUT2D eigenvalue weighted by Crippen LogP contribution is -2.53. The average Bonchev–Trinajstić information content (AvgIpc) is 2.64. The number of nitrogens with zero attached hydrogens (tertiary/aromatic N) is 2. The van der Waals surface area contributed by atoms with Crippen LogP contribution in [0.5, 0.6) is 0 Å². The highest BCUT2D eigenvalue weighted by molar-refractivity contribution is 5.85. The summed E-state index contributed by atoms with van der Waals surface area (Å²) in [5, 5.41) is 4.99. The van der Waals surface area contributed by atoms with Gasteiger partial charge in [-0.25, -0.2) is 0 Å². The summed E-state index contributed by atoms with van der Waals surface area (Å²) in [4.78, 5) is 2.58. The van der Waals surface area contributed by atoms with Crippen molar-refractivity contribution in [2.45, 2.75) is 39.4 Å². The minimum atomic E-state index is 0.578. The number of para-hydroxylation sites is 1. The Balaban J connectivity index is 1.91. The van der Waals surface area contributed by atoms with Gasteiger partial charge in [-0.2, -0.15) is 0 Å². The third kappa shape index (κ3) is 2.36. The van der Waals surface area contributed by atoms with Gasteiger partial charge in [-0.15, -0.1) is 0 Å². The molecule has 2 heterocycles. The molecule has 2 aromatic rings. The van der Waals surface area contributed by atoms with Crippen LogP contribution in [0.15, 0.2) is 24.3 Å². The van der Waals surface area contributed by atoms with E-state index in [-0.39, 0.29) is 0 Å². The van der Waals surface area contributed by atoms with Crippen molar-refractivity contribution in [2.75, 3.05) is 13.1 Å². The SMILES string of the molecule is Cc1c(CN2CC(C)NC(C)C2)n(C)c2ccccc12. The zero-order chi connectivity index (χ0) is 14.3. The predicted molar refractivity (Wildman–Crippen MR) is 85.0 cm³/mol. The van der Waals surface area contributed by atoms with Crippen LogP contribution in [0, 0.1) is 6.92 Å². The van der Waals surface area contributed by atoms with Crippen LogP contribution in [0.4, 0.5) is 0 Å². The number of piperazine rings is 1. The Morgan fingerprint density at radius 1 is 1.15 bits per heavy atom. The number of hydrogen-bond donors (Lipinski definition) is 1. The molecule has 2 unspecified atom stereocenters. The number of benzene rings is 1. The molecule has 0 bridgehead atoms. The summed E-state index contributed by atoms with van der Waals surface area (Å²) in [6.07, 6.45) is 0. The van der Waals surface area contributed by atoms with Crippen LogP contribution in [0.3, 0.4) is 0 Å². The van der Waals surface area contributed by atoms with Gasteiger partial charge in [-0.1, -0.05) is 18.2 Å². The first-order chi connectivity index (χ1) is 9.56. The fraction of sp³-hybridized carbons (Fsp3) is 0.529. The van der Waals surface area contributed by atoms with E-state index in [0.29, 0.717) is 12.1 Å². The Morgan fingerprint density at radius 3 is 2.45 bits per heavy atom. The first-order valence-electron chi connectivity index (χ1n) is 7.57. The monoisotopic (exact) mass is 271 g/mol. The summed E-state index contributed by atoms with van der Waals surface area (Å²) in [6.45, 7) is 10.1. The predicted octanol–water partition coefficient (Wildman–Crippen LogP) is 2.67. The molecule has 1 N–H and O–H groups in total. The largest absolute Gasteiger partial charge is 0.346 e. The highest BCUT2D eigenvalue weighted by atomic mass is 15.2. The maximum absolute atomic E-state index is 3.60. The smallest absolute Gasteiger partial charge is 0.0483 e. The van der Waals surface area contributed by atoms with Gasteiger partial charge in [0.05, 0.1) is 0 Å². The number of hydrogen-bond acceptors (Lipinski definition) is 2. The molecule has 2 atom stereocenters. The van der Waals surface area contributed by atoms with E-state index in [1.54, 1.807) is 0 Å². The van der Waals surface area contributed by atoms with E-state index in [1.807, 2.05) is 0 Å². The summed E-state index contributed by atoms with van der Waals surface area (Å²) in [5.74, 6) is 0. The molecule has 1 saturated heterocycles. The van der Waals surface area contributed by atoms with Crippen LogP contribution in [-0.2, 0) is 13.6 Å². The Hall–Kier alpha value is -1.32. The van der Waals surface area contributed by atoms with Crippen molar-refractivity contribution in [3.05, 3.63) is 35.5 Å². The molecule has 1 aromatic carbocycles. The van der Waals surface area contributed by atoms with Crippen molar-refractivity contribution in [1.82, 2.24) is 14.8 Å². The summed E-state index contributed by atoms with van der Waals surface area (Å²) in [6, 6.07) is 9.86. The second-order valence-corrected chi connectivity index (χ2v) is 6.31. The fourth-order valence-corrected chi connectivity index (χ4v) is 3.64. The maximum Gasteiger partial charge on any atom is 0.0483 e. The number of aryl methyl sites for hydroxylation is 2. The van der Waals surface area contributed by atoms with Crippen LogP contribution < -0.4 is 5.32 Å². The zero-order valence-corrected chi connectivity index (χ0v) is 13.0. The minimum absolute atomic E-state index is 0.578. The number of fused-ring (bicyclic) bond motifs is 1. The van der Waals surface area contributed by atoms with Crippen LogP contribution in [-0.4, -0.2) is 34.6 Å². The molecule has 3 heteroatoms. The molecule has 0 spiro atoms. The van der Waals surface area contributed by atoms with Gasteiger partial charge in [0.15, 0.2) is 0 Å². The van der Waals surface area contributed by atoms with Crippen LogP contribution in [0.1, 0.15) is 25.1 Å². The topological polar surface area (TPSA) is 20.2 Å². The summed E-state index contributed by atoms with van der Waals surface area (Å²) < 4.78 is 2.36. The summed E-state index contributed by atoms with van der Waals surface area (Å²) in [7, 11) is 2.19. The number of rotatable bonds is 2. The second-order valence-electron chi connectivity index (χ2n) is 6.31. The van der Waals surface area contributed by atoms with Crippen molar-refractivity contribution in [2.24, 2.45) is 7.05 Å². The van der Waals surface area contributed by atoms with Crippen molar-refractivity contribution < 1.29 is 0 Å². The standard InChI is InChI=1S/C17H25N3/c1-12-9-20(10-13(2)18-12)11-17-14(3)15-7-5-6-8-16(15)19(17)4/h5-8,12-13,18H,9-11H2,1-4H3. The lowest BCUT2D eigenvalue weighted by Gasteiger charge is -2.36. The van der Waals surface area contributed by atoms with Crippen molar-refractivity contribution >= 4 is 10.9 Å². The average molecular weight is 271 g/mol. The van der Waals surface area contributed by atoms with Crippen LogP contribution >= 0.6 is 0 Å². The normalized spacial score (nSPS) is 24.4. The van der Waals surface area contributed by atoms with Gasteiger partial charge in [0, 0.05) is 55.4 Å². The highest BCUT2D eigenvalue weighted by Crippen LogP contribution is 2.25. The fourth-order valence-electron chi connectivity index (χ4n) is 3.64. The Morgan fingerprint density at radius 2 is 1.80 bits per heavy atom. The lowest BCUT2D eigenvalue weighted by molar-refractivity contribution is 0.163. The van der Waals surface area contributed by atoms with Gasteiger partial charge >= 0.3 is 0 Å². The molecule has 3 rings (SSSR count). The Kier molecular flexibility index (Phi) is 3.57. The quantitative estimate of drug-likeness (QED) is 0.906. The van der Waals surface area contributed by atoms with Crippen molar-refractivity contribution in [3.8, 4) is 0 Å². The minimum Gasteiger partial charge on any atom is -0.346 e. The molecule has 1 aliphatic heterocycles. The molecule has 1 aromatic heterocycles. The van der Waals surface area contributed by atoms with Crippen LogP contribution in [0.25, 0.3) is 10.9 Å². The first-order valence-corrected chi connectivity index (χ1v) is 7.57. The second kappa shape index (κ2) is 5.23. The van der Waals surface area contributed by atoms with E-state index in [2.05, 4.69) is 66.9 Å². The van der Waals surface area contributed by atoms with E-state index in [0.717, 1.165) is 19.6 Å². The van der Waals surface area contributed by atoms with E-state index in [9.17, 15) is 0 Å². The summed E-state index contributed by atoms with van der Waals surface area (Å²) >= 11 is 0. The van der Waals surface area contributed by atoms with Gasteiger partial charge < -0.3 is 9.88 Å². The zero-order valence-electron chi connectivity index (χ0n) is 13.0. The molecule has 108 valence electrons. The van der Waals surface area contributed by atoms with E-state index in [1.165, 1.54) is 22.2 Å². The van der Waals surface area contributed by atoms with Crippen molar-refractivity contribution in [3.63, 3.8) is 0 Å². The maximum atomic E-state index is 3.60. The molecule has 1 fully saturated rings. The molecule has 0 saturated carbocycles. The molecule has 0 amide bonds. The van der Waals surface area contributed by atoms with E-state index in [4.69, 9.17) is 0 Å². The molecular weight excluding hydrogens is 246 g/mol. The van der Waals surface area contributed by atoms with E-state index < -0.39 is 0 Å². The molecule has 0 radical (unpaired) electrons. The molecule has 3 nitrogen and oxygen atoms in total. The molecule has 1 aliphatic rings. The molecule has 20 heavy (non-hydrogen) atoms. The number of nitrogens with one attached hydrogen (secondary N) is 1. The van der Waals surface area contributed by atoms with E-state index >= 15 is 0 Å².